The van der Waals surface area contributed by atoms with Crippen LogP contribution in [0.4, 0.5) is 4.39 Å². The van der Waals surface area contributed by atoms with E-state index in [-0.39, 0.29) is 16.5 Å². The van der Waals surface area contributed by atoms with E-state index in [9.17, 15) is 17.6 Å². The summed E-state index contributed by atoms with van der Waals surface area (Å²) >= 11 is 1.36. The van der Waals surface area contributed by atoms with Gasteiger partial charge >= 0.3 is 0 Å². The molecule has 0 aliphatic heterocycles. The highest BCUT2D eigenvalue weighted by molar-refractivity contribution is 7.99. The van der Waals surface area contributed by atoms with Gasteiger partial charge in [0.2, 0.25) is 10.0 Å². The molecule has 0 aliphatic rings. The third kappa shape index (κ3) is 4.60. The van der Waals surface area contributed by atoms with Crippen molar-refractivity contribution in [3.8, 4) is 0 Å². The second-order valence-electron chi connectivity index (χ2n) is 6.28. The van der Waals surface area contributed by atoms with E-state index in [1.54, 1.807) is 6.07 Å². The Kier molecular flexibility index (Phi) is 6.17. The van der Waals surface area contributed by atoms with Gasteiger partial charge < -0.3 is 4.42 Å². The number of benzene rings is 2. The van der Waals surface area contributed by atoms with Crippen LogP contribution in [0.5, 0.6) is 0 Å². The van der Waals surface area contributed by atoms with Gasteiger partial charge in [0.15, 0.2) is 11.4 Å². The molecule has 0 saturated heterocycles. The number of oxazole rings is 1. The van der Waals surface area contributed by atoms with Crippen molar-refractivity contribution >= 4 is 38.7 Å². The number of halogens is 1. The fourth-order valence-corrected chi connectivity index (χ4v) is 4.19. The lowest BCUT2D eigenvalue weighted by Crippen LogP contribution is -2.22. The van der Waals surface area contributed by atoms with Gasteiger partial charge in [-0.1, -0.05) is 11.8 Å². The lowest BCUT2D eigenvalue weighted by molar-refractivity contribution is 0.0982. The van der Waals surface area contributed by atoms with Gasteiger partial charge in [-0.15, -0.1) is 0 Å². The first kappa shape index (κ1) is 20.5. The minimum absolute atomic E-state index is 0.0447. The summed E-state index contributed by atoms with van der Waals surface area (Å²) in [5.41, 5.74) is 1.46. The van der Waals surface area contributed by atoms with Gasteiger partial charge in [0.25, 0.3) is 5.22 Å². The molecule has 0 spiro atoms. The molecule has 0 amide bonds. The number of Topliss-reactive ketones (excluding diaryl/α,β-unsaturated/α-hetero) is 1. The molecular formula is C19H19FN2O4S2. The molecule has 1 heterocycles. The minimum Gasteiger partial charge on any atom is -0.431 e. The number of carbonyl (C=O) groups excluding carboxylic acids is 1. The second-order valence-corrected chi connectivity index (χ2v) is 9.48. The number of rotatable bonds is 8. The molecule has 9 heteroatoms. The fraction of sp³-hybridized carbons (Fsp3) is 0.263. The van der Waals surface area contributed by atoms with Gasteiger partial charge in [0.05, 0.1) is 4.90 Å². The second kappa shape index (κ2) is 8.42. The summed E-state index contributed by atoms with van der Waals surface area (Å²) in [4.78, 5) is 16.5. The molecule has 0 bridgehead atoms. The summed E-state index contributed by atoms with van der Waals surface area (Å²) in [5, 5.41) is 0.420. The molecule has 0 saturated carbocycles. The largest absolute Gasteiger partial charge is 0.431 e. The van der Waals surface area contributed by atoms with E-state index in [0.717, 1.165) is 4.31 Å². The Morgan fingerprint density at radius 2 is 1.89 bits per heavy atom. The lowest BCUT2D eigenvalue weighted by Gasteiger charge is -2.10. The number of hydrogen-bond donors (Lipinski definition) is 0. The number of sulfonamides is 1. The van der Waals surface area contributed by atoms with Crippen LogP contribution in [0.1, 0.15) is 23.2 Å². The van der Waals surface area contributed by atoms with E-state index in [2.05, 4.69) is 4.98 Å². The number of ketones is 1. The van der Waals surface area contributed by atoms with Crippen molar-refractivity contribution in [1.82, 2.24) is 9.29 Å². The van der Waals surface area contributed by atoms with Crippen molar-refractivity contribution in [3.63, 3.8) is 0 Å². The van der Waals surface area contributed by atoms with E-state index >= 15 is 0 Å². The molecule has 2 aromatic carbocycles. The van der Waals surface area contributed by atoms with Crippen molar-refractivity contribution in [2.75, 3.05) is 19.8 Å². The van der Waals surface area contributed by atoms with E-state index in [1.807, 2.05) is 0 Å². The summed E-state index contributed by atoms with van der Waals surface area (Å²) in [6, 6.07) is 10.0. The summed E-state index contributed by atoms with van der Waals surface area (Å²) in [5.74, 6) is 0.198. The average molecular weight is 423 g/mol. The van der Waals surface area contributed by atoms with Gasteiger partial charge in [-0.05, 0) is 48.9 Å². The SMILES string of the molecule is CN(C)S(=O)(=O)c1ccc2oc(SCCCC(=O)c3ccc(F)cc3)nc2c1. The highest BCUT2D eigenvalue weighted by Crippen LogP contribution is 2.27. The number of carbonyl (C=O) groups is 1. The molecule has 3 rings (SSSR count). The number of aromatic nitrogens is 1. The summed E-state index contributed by atoms with van der Waals surface area (Å²) in [6.45, 7) is 0. The molecule has 6 nitrogen and oxygen atoms in total. The van der Waals surface area contributed by atoms with Crippen molar-refractivity contribution < 1.29 is 22.0 Å². The number of thioether (sulfide) groups is 1. The average Bonchev–Trinajstić information content (AvgIpc) is 3.07. The molecular weight excluding hydrogens is 403 g/mol. The standard InChI is InChI=1S/C19H19FN2O4S2/c1-22(2)28(24,25)15-9-10-18-16(12-15)21-19(26-18)27-11-3-4-17(23)13-5-7-14(20)8-6-13/h5-10,12H,3-4,11H2,1-2H3. The molecule has 1 aromatic heterocycles. The third-order valence-electron chi connectivity index (χ3n) is 4.06. The van der Waals surface area contributed by atoms with Crippen LogP contribution in [0.2, 0.25) is 0 Å². The van der Waals surface area contributed by atoms with Crippen LogP contribution in [0.3, 0.4) is 0 Å². The van der Waals surface area contributed by atoms with Gasteiger partial charge in [-0.2, -0.15) is 0 Å². The first-order valence-corrected chi connectivity index (χ1v) is 10.9. The van der Waals surface area contributed by atoms with Crippen LogP contribution in [0.15, 0.2) is 57.0 Å². The van der Waals surface area contributed by atoms with Crippen molar-refractivity contribution in [3.05, 3.63) is 53.8 Å². The fourth-order valence-electron chi connectivity index (χ4n) is 2.49. The predicted molar refractivity (Wildman–Crippen MR) is 106 cm³/mol. The van der Waals surface area contributed by atoms with Crippen molar-refractivity contribution in [2.45, 2.75) is 23.0 Å². The Labute approximate surface area is 166 Å². The number of nitrogens with zero attached hydrogens (tertiary/aromatic N) is 2. The van der Waals surface area contributed by atoms with E-state index in [0.29, 0.717) is 40.5 Å². The molecule has 3 aromatic rings. The maximum atomic E-state index is 12.9. The molecule has 0 fully saturated rings. The van der Waals surface area contributed by atoms with Gasteiger partial charge in [0.1, 0.15) is 11.3 Å². The highest BCUT2D eigenvalue weighted by Gasteiger charge is 2.19. The monoisotopic (exact) mass is 422 g/mol. The zero-order valence-corrected chi connectivity index (χ0v) is 17.0. The Hall–Kier alpha value is -2.23. The van der Waals surface area contributed by atoms with Crippen molar-refractivity contribution in [2.24, 2.45) is 0 Å². The first-order chi connectivity index (χ1) is 13.3. The van der Waals surface area contributed by atoms with Gasteiger partial charge in [0, 0.05) is 31.8 Å². The molecule has 0 atom stereocenters. The van der Waals surface area contributed by atoms with E-state index < -0.39 is 10.0 Å². The summed E-state index contributed by atoms with van der Waals surface area (Å²) in [7, 11) is -0.597. The molecule has 28 heavy (non-hydrogen) atoms. The summed E-state index contributed by atoms with van der Waals surface area (Å²) < 4.78 is 44.1. The topological polar surface area (TPSA) is 80.5 Å². The highest BCUT2D eigenvalue weighted by atomic mass is 32.2. The van der Waals surface area contributed by atoms with Crippen LogP contribution in [0.25, 0.3) is 11.1 Å². The Morgan fingerprint density at radius 1 is 1.18 bits per heavy atom. The van der Waals surface area contributed by atoms with E-state index in [1.165, 1.54) is 62.3 Å². The third-order valence-corrected chi connectivity index (χ3v) is 6.78. The number of fused-ring (bicyclic) bond motifs is 1. The molecule has 148 valence electrons. The molecule has 0 radical (unpaired) electrons. The smallest absolute Gasteiger partial charge is 0.256 e. The van der Waals surface area contributed by atoms with Crippen LogP contribution in [-0.4, -0.2) is 43.3 Å². The molecule has 0 unspecified atom stereocenters. The Morgan fingerprint density at radius 3 is 2.57 bits per heavy atom. The zero-order valence-electron chi connectivity index (χ0n) is 15.4. The number of hydrogen-bond acceptors (Lipinski definition) is 6. The Balaban J connectivity index is 1.59. The maximum absolute atomic E-state index is 12.9. The zero-order chi connectivity index (χ0) is 20.3. The van der Waals surface area contributed by atoms with Gasteiger partial charge in [-0.25, -0.2) is 22.1 Å². The normalized spacial score (nSPS) is 12.0. The minimum atomic E-state index is -3.53. The van der Waals surface area contributed by atoms with Gasteiger partial charge in [-0.3, -0.25) is 4.79 Å². The van der Waals surface area contributed by atoms with E-state index in [4.69, 9.17) is 4.42 Å². The van der Waals surface area contributed by atoms with Crippen LogP contribution in [-0.2, 0) is 10.0 Å². The maximum Gasteiger partial charge on any atom is 0.256 e. The molecule has 0 aliphatic carbocycles. The van der Waals surface area contributed by atoms with Crippen LogP contribution >= 0.6 is 11.8 Å². The quantitative estimate of drug-likeness (QED) is 0.310. The van der Waals surface area contributed by atoms with Crippen molar-refractivity contribution in [1.29, 1.82) is 0 Å². The van der Waals surface area contributed by atoms with Crippen LogP contribution in [0, 0.1) is 5.82 Å². The molecule has 0 N–H and O–H groups in total. The lowest BCUT2D eigenvalue weighted by atomic mass is 10.1. The predicted octanol–water partition coefficient (Wildman–Crippen LogP) is 3.97. The Bertz CT molecular complexity index is 1090. The summed E-state index contributed by atoms with van der Waals surface area (Å²) in [6.07, 6.45) is 0.948. The first-order valence-electron chi connectivity index (χ1n) is 8.52. The van der Waals surface area contributed by atoms with Crippen LogP contribution < -0.4 is 0 Å².